The normalized spacial score (nSPS) is 10.4. The average Bonchev–Trinajstić information content (AvgIpc) is 2.61. The molecule has 0 aliphatic heterocycles. The predicted molar refractivity (Wildman–Crippen MR) is 101 cm³/mol. The predicted octanol–water partition coefficient (Wildman–Crippen LogP) is 7.03. The van der Waals surface area contributed by atoms with Gasteiger partial charge in [-0.3, -0.25) is 0 Å². The standard InChI is InChI=1S/C18H8Cl4N2O/c19-12-6-4-10(8-14(12)21)15-7-5-11(9-23)18(24-15)25-16-3-1-2-13(20)17(16)22/h1-8H. The summed E-state index contributed by atoms with van der Waals surface area (Å²) in [5.74, 6) is 0.430. The molecule has 0 atom stereocenters. The van der Waals surface area contributed by atoms with Gasteiger partial charge in [-0.25, -0.2) is 4.98 Å². The van der Waals surface area contributed by atoms with Crippen molar-refractivity contribution in [2.75, 3.05) is 0 Å². The maximum atomic E-state index is 9.29. The number of hydrogen-bond donors (Lipinski definition) is 0. The van der Waals surface area contributed by atoms with Crippen LogP contribution in [0.3, 0.4) is 0 Å². The van der Waals surface area contributed by atoms with Crippen molar-refractivity contribution >= 4 is 46.4 Å². The molecule has 0 N–H and O–H groups in total. The molecule has 0 unspecified atom stereocenters. The monoisotopic (exact) mass is 408 g/mol. The highest BCUT2D eigenvalue weighted by atomic mass is 35.5. The smallest absolute Gasteiger partial charge is 0.237 e. The van der Waals surface area contributed by atoms with Crippen LogP contribution in [-0.4, -0.2) is 4.98 Å². The largest absolute Gasteiger partial charge is 0.436 e. The number of rotatable bonds is 3. The molecule has 3 rings (SSSR count). The molecule has 3 aromatic rings. The van der Waals surface area contributed by atoms with Crippen LogP contribution in [0.15, 0.2) is 48.5 Å². The number of halogens is 4. The van der Waals surface area contributed by atoms with Gasteiger partial charge in [-0.1, -0.05) is 58.5 Å². The first-order valence-corrected chi connectivity index (χ1v) is 8.49. The summed E-state index contributed by atoms with van der Waals surface area (Å²) >= 11 is 24.1. The van der Waals surface area contributed by atoms with E-state index < -0.39 is 0 Å². The second-order valence-electron chi connectivity index (χ2n) is 4.94. The van der Waals surface area contributed by atoms with Gasteiger partial charge >= 0.3 is 0 Å². The van der Waals surface area contributed by atoms with E-state index >= 15 is 0 Å². The number of nitriles is 1. The minimum atomic E-state index is 0.121. The Bertz CT molecular complexity index is 999. The Labute approximate surface area is 164 Å². The van der Waals surface area contributed by atoms with Crippen molar-refractivity contribution in [2.24, 2.45) is 0 Å². The van der Waals surface area contributed by atoms with E-state index in [9.17, 15) is 5.26 Å². The number of benzene rings is 2. The molecule has 7 heteroatoms. The number of ether oxygens (including phenoxy) is 1. The molecule has 0 saturated carbocycles. The minimum absolute atomic E-state index is 0.121. The molecule has 3 nitrogen and oxygen atoms in total. The number of aromatic nitrogens is 1. The fraction of sp³-hybridized carbons (Fsp3) is 0. The molecular weight excluding hydrogens is 402 g/mol. The van der Waals surface area contributed by atoms with E-state index in [1.165, 1.54) is 0 Å². The Hall–Kier alpha value is -1.96. The Morgan fingerprint density at radius 1 is 0.880 bits per heavy atom. The van der Waals surface area contributed by atoms with Crippen LogP contribution in [0.5, 0.6) is 11.6 Å². The zero-order chi connectivity index (χ0) is 18.0. The van der Waals surface area contributed by atoms with Gasteiger partial charge in [-0.05, 0) is 36.4 Å². The van der Waals surface area contributed by atoms with E-state index in [-0.39, 0.29) is 16.5 Å². The lowest BCUT2D eigenvalue weighted by atomic mass is 10.1. The summed E-state index contributed by atoms with van der Waals surface area (Å²) in [6.45, 7) is 0. The van der Waals surface area contributed by atoms with Crippen molar-refractivity contribution in [3.8, 4) is 29.0 Å². The highest BCUT2D eigenvalue weighted by Crippen LogP contribution is 2.36. The molecule has 124 valence electrons. The second-order valence-corrected chi connectivity index (χ2v) is 6.54. The van der Waals surface area contributed by atoms with Crippen LogP contribution < -0.4 is 4.74 Å². The number of nitrogens with zero attached hydrogens (tertiary/aromatic N) is 2. The molecule has 1 aromatic heterocycles. The summed E-state index contributed by atoms with van der Waals surface area (Å²) in [7, 11) is 0. The van der Waals surface area contributed by atoms with Gasteiger partial charge in [-0.15, -0.1) is 0 Å². The lowest BCUT2D eigenvalue weighted by Gasteiger charge is -2.11. The van der Waals surface area contributed by atoms with Crippen LogP contribution in [0.1, 0.15) is 5.56 Å². The molecule has 1 heterocycles. The van der Waals surface area contributed by atoms with E-state index in [4.69, 9.17) is 51.1 Å². The summed E-state index contributed by atoms with van der Waals surface area (Å²) in [5.41, 5.74) is 1.58. The van der Waals surface area contributed by atoms with E-state index in [1.54, 1.807) is 48.5 Å². The third-order valence-corrected chi connectivity index (χ3v) is 4.86. The molecule has 0 saturated heterocycles. The van der Waals surface area contributed by atoms with Crippen LogP contribution in [0.4, 0.5) is 0 Å². The molecule has 0 bridgehead atoms. The average molecular weight is 410 g/mol. The van der Waals surface area contributed by atoms with Crippen molar-refractivity contribution in [3.05, 3.63) is 74.2 Å². The zero-order valence-electron chi connectivity index (χ0n) is 12.4. The fourth-order valence-corrected chi connectivity index (χ4v) is 2.72. The molecule has 0 radical (unpaired) electrons. The van der Waals surface area contributed by atoms with Gasteiger partial charge in [0.05, 0.1) is 20.8 Å². The van der Waals surface area contributed by atoms with Crippen molar-refractivity contribution < 1.29 is 4.74 Å². The summed E-state index contributed by atoms with van der Waals surface area (Å²) in [6, 6.07) is 15.5. The zero-order valence-corrected chi connectivity index (χ0v) is 15.5. The third kappa shape index (κ3) is 3.84. The SMILES string of the molecule is N#Cc1ccc(-c2ccc(Cl)c(Cl)c2)nc1Oc1cccc(Cl)c1Cl. The molecule has 0 fully saturated rings. The molecule has 2 aromatic carbocycles. The Morgan fingerprint density at radius 3 is 2.40 bits per heavy atom. The fourth-order valence-electron chi connectivity index (χ4n) is 2.09. The maximum absolute atomic E-state index is 9.29. The van der Waals surface area contributed by atoms with Gasteiger partial charge in [0.1, 0.15) is 22.4 Å². The van der Waals surface area contributed by atoms with Crippen molar-refractivity contribution in [2.45, 2.75) is 0 Å². The molecule has 25 heavy (non-hydrogen) atoms. The van der Waals surface area contributed by atoms with Gasteiger partial charge in [-0.2, -0.15) is 5.26 Å². The highest BCUT2D eigenvalue weighted by Gasteiger charge is 2.13. The lowest BCUT2D eigenvalue weighted by molar-refractivity contribution is 0.462. The summed E-state index contributed by atoms with van der Waals surface area (Å²) in [4.78, 5) is 4.40. The highest BCUT2D eigenvalue weighted by molar-refractivity contribution is 6.43. The molecule has 0 aliphatic rings. The minimum Gasteiger partial charge on any atom is -0.436 e. The molecule has 0 amide bonds. The van der Waals surface area contributed by atoms with Gasteiger partial charge in [0.25, 0.3) is 0 Å². The molecule has 0 aliphatic carbocycles. The Kier molecular flexibility index (Phi) is 5.36. The topological polar surface area (TPSA) is 45.9 Å². The van der Waals surface area contributed by atoms with Crippen LogP contribution in [0.2, 0.25) is 20.1 Å². The first-order valence-electron chi connectivity index (χ1n) is 6.98. The summed E-state index contributed by atoms with van der Waals surface area (Å²) < 4.78 is 5.72. The summed E-state index contributed by atoms with van der Waals surface area (Å²) in [5, 5.41) is 10.7. The van der Waals surface area contributed by atoms with E-state index in [0.29, 0.717) is 26.5 Å². The van der Waals surface area contributed by atoms with Crippen molar-refractivity contribution in [1.29, 1.82) is 5.26 Å². The van der Waals surface area contributed by atoms with Crippen LogP contribution in [0.25, 0.3) is 11.3 Å². The van der Waals surface area contributed by atoms with Gasteiger partial charge < -0.3 is 4.74 Å². The van der Waals surface area contributed by atoms with E-state index in [0.717, 1.165) is 5.56 Å². The molecule has 0 spiro atoms. The van der Waals surface area contributed by atoms with E-state index in [2.05, 4.69) is 4.98 Å². The third-order valence-electron chi connectivity index (χ3n) is 3.32. The first kappa shape index (κ1) is 17.8. The quantitative estimate of drug-likeness (QED) is 0.466. The maximum Gasteiger partial charge on any atom is 0.237 e. The second kappa shape index (κ2) is 7.51. The van der Waals surface area contributed by atoms with Crippen LogP contribution >= 0.6 is 46.4 Å². The Morgan fingerprint density at radius 2 is 1.68 bits per heavy atom. The number of hydrogen-bond acceptors (Lipinski definition) is 3. The molecular formula is C18H8Cl4N2O. The van der Waals surface area contributed by atoms with E-state index in [1.807, 2.05) is 6.07 Å². The van der Waals surface area contributed by atoms with Crippen LogP contribution in [-0.2, 0) is 0 Å². The van der Waals surface area contributed by atoms with Gasteiger partial charge in [0, 0.05) is 5.56 Å². The lowest BCUT2D eigenvalue weighted by Crippen LogP contribution is -1.95. The van der Waals surface area contributed by atoms with Crippen molar-refractivity contribution in [1.82, 2.24) is 4.98 Å². The first-order chi connectivity index (χ1) is 12.0. The Balaban J connectivity index is 2.05. The van der Waals surface area contributed by atoms with Gasteiger partial charge in [0.2, 0.25) is 5.88 Å². The van der Waals surface area contributed by atoms with Gasteiger partial charge in [0.15, 0.2) is 0 Å². The summed E-state index contributed by atoms with van der Waals surface area (Å²) in [6.07, 6.45) is 0. The van der Waals surface area contributed by atoms with Crippen molar-refractivity contribution in [3.63, 3.8) is 0 Å². The number of pyridine rings is 1. The van der Waals surface area contributed by atoms with Crippen LogP contribution in [0, 0.1) is 11.3 Å².